The van der Waals surface area contributed by atoms with Gasteiger partial charge in [-0.25, -0.2) is 13.2 Å². The number of hydrogen-bond acceptors (Lipinski definition) is 5. The van der Waals surface area contributed by atoms with Crippen molar-refractivity contribution in [1.82, 2.24) is 16.0 Å². The number of nitrogens with one attached hydrogen (secondary N) is 3. The van der Waals surface area contributed by atoms with E-state index in [1.807, 2.05) is 27.7 Å². The summed E-state index contributed by atoms with van der Waals surface area (Å²) in [4.78, 5) is 15.9. The second-order valence-corrected chi connectivity index (χ2v) is 9.07. The van der Waals surface area contributed by atoms with Crippen molar-refractivity contribution in [3.8, 4) is 0 Å². The molecule has 1 rings (SSSR count). The molecule has 10 heteroatoms. The van der Waals surface area contributed by atoms with Gasteiger partial charge in [-0.2, -0.15) is 0 Å². The molecule has 1 amide bonds. The van der Waals surface area contributed by atoms with Crippen LogP contribution in [0.15, 0.2) is 4.99 Å². The third-order valence-electron chi connectivity index (χ3n) is 3.26. The van der Waals surface area contributed by atoms with Crippen LogP contribution in [0.2, 0.25) is 0 Å². The quantitative estimate of drug-likeness (QED) is 0.223. The van der Waals surface area contributed by atoms with E-state index in [0.717, 1.165) is 0 Å². The first-order valence-corrected chi connectivity index (χ1v) is 10.1. The van der Waals surface area contributed by atoms with Gasteiger partial charge in [0.05, 0.1) is 11.5 Å². The van der Waals surface area contributed by atoms with E-state index in [9.17, 15) is 13.2 Å². The first-order chi connectivity index (χ1) is 11.1. The van der Waals surface area contributed by atoms with Gasteiger partial charge >= 0.3 is 6.09 Å². The van der Waals surface area contributed by atoms with Gasteiger partial charge in [-0.3, -0.25) is 4.99 Å². The minimum Gasteiger partial charge on any atom is -0.444 e. The predicted octanol–water partition coefficient (Wildman–Crippen LogP) is 1.12. The summed E-state index contributed by atoms with van der Waals surface area (Å²) in [5.41, 5.74) is -0.518. The summed E-state index contributed by atoms with van der Waals surface area (Å²) in [5, 5.41) is 8.86. The van der Waals surface area contributed by atoms with Crippen LogP contribution in [-0.2, 0) is 14.6 Å². The zero-order valence-electron chi connectivity index (χ0n) is 15.4. The number of nitrogens with zero attached hydrogens (tertiary/aromatic N) is 1. The fraction of sp³-hybridized carbons (Fsp3) is 0.867. The Labute approximate surface area is 167 Å². The lowest BCUT2D eigenvalue weighted by molar-refractivity contribution is 0.0529. The van der Waals surface area contributed by atoms with Crippen LogP contribution in [0, 0.1) is 5.92 Å². The number of amides is 1. The van der Waals surface area contributed by atoms with Gasteiger partial charge in [0.15, 0.2) is 15.8 Å². The lowest BCUT2D eigenvalue weighted by Gasteiger charge is -2.20. The van der Waals surface area contributed by atoms with E-state index < -0.39 is 21.5 Å². The molecule has 1 atom stereocenters. The van der Waals surface area contributed by atoms with Gasteiger partial charge in [0, 0.05) is 26.2 Å². The van der Waals surface area contributed by atoms with Crippen LogP contribution < -0.4 is 16.0 Å². The maximum atomic E-state index is 11.5. The third-order valence-corrected chi connectivity index (χ3v) is 5.10. The van der Waals surface area contributed by atoms with Crippen molar-refractivity contribution in [2.45, 2.75) is 39.7 Å². The Morgan fingerprint density at radius 2 is 1.84 bits per heavy atom. The molecule has 1 heterocycles. The number of hydrogen-bond donors (Lipinski definition) is 3. The molecular weight excluding hydrogens is 459 g/mol. The van der Waals surface area contributed by atoms with Gasteiger partial charge < -0.3 is 20.7 Å². The molecule has 1 aliphatic heterocycles. The van der Waals surface area contributed by atoms with Gasteiger partial charge in [-0.1, -0.05) is 0 Å². The van der Waals surface area contributed by atoms with Crippen molar-refractivity contribution in [2.24, 2.45) is 10.9 Å². The molecule has 0 spiro atoms. The molecule has 1 aliphatic rings. The smallest absolute Gasteiger partial charge is 0.407 e. The maximum Gasteiger partial charge on any atom is 0.407 e. The first kappa shape index (κ1) is 24.2. The number of guanidine groups is 1. The molecule has 0 radical (unpaired) electrons. The number of aliphatic imine (C=N–C) groups is 1. The van der Waals surface area contributed by atoms with E-state index >= 15 is 0 Å². The van der Waals surface area contributed by atoms with Crippen molar-refractivity contribution in [1.29, 1.82) is 0 Å². The average Bonchev–Trinajstić information content (AvgIpc) is 2.78. The summed E-state index contributed by atoms with van der Waals surface area (Å²) in [7, 11) is -2.87. The molecular formula is C15H31IN4O4S. The van der Waals surface area contributed by atoms with Gasteiger partial charge in [0.2, 0.25) is 0 Å². The summed E-state index contributed by atoms with van der Waals surface area (Å²) in [5.74, 6) is 1.19. The molecule has 1 unspecified atom stereocenters. The highest BCUT2D eigenvalue weighted by atomic mass is 127. The van der Waals surface area contributed by atoms with Crippen LogP contribution in [0.5, 0.6) is 0 Å². The standard InChI is InChI=1S/C15H30N4O4S.HI/c1-5-16-13(19-10-12-6-9-24(21,22)11-12)17-7-8-18-14(20)23-15(2,3)4;/h12H,5-11H2,1-4H3,(H,18,20)(H2,16,17,19);1H. The van der Waals surface area contributed by atoms with Crippen LogP contribution in [0.25, 0.3) is 0 Å². The lowest BCUT2D eigenvalue weighted by atomic mass is 10.1. The molecule has 148 valence electrons. The first-order valence-electron chi connectivity index (χ1n) is 8.31. The Balaban J connectivity index is 0.00000576. The van der Waals surface area contributed by atoms with Crippen molar-refractivity contribution in [3.63, 3.8) is 0 Å². The van der Waals surface area contributed by atoms with E-state index in [2.05, 4.69) is 20.9 Å². The fourth-order valence-electron chi connectivity index (χ4n) is 2.24. The molecule has 0 aliphatic carbocycles. The maximum absolute atomic E-state index is 11.5. The average molecular weight is 490 g/mol. The Kier molecular flexibility index (Phi) is 10.7. The molecule has 1 fully saturated rings. The minimum absolute atomic E-state index is 0. The lowest BCUT2D eigenvalue weighted by Crippen LogP contribution is -2.42. The van der Waals surface area contributed by atoms with E-state index in [1.165, 1.54) is 0 Å². The van der Waals surface area contributed by atoms with Crippen molar-refractivity contribution in [2.75, 3.05) is 37.7 Å². The molecule has 3 N–H and O–H groups in total. The number of ether oxygens (including phenoxy) is 1. The van der Waals surface area contributed by atoms with Gasteiger partial charge in [0.25, 0.3) is 0 Å². The molecule has 0 aromatic heterocycles. The van der Waals surface area contributed by atoms with Crippen molar-refractivity contribution >= 4 is 45.9 Å². The van der Waals surface area contributed by atoms with Gasteiger partial charge in [0.1, 0.15) is 5.60 Å². The second kappa shape index (κ2) is 11.0. The molecule has 0 aromatic rings. The molecule has 1 saturated heterocycles. The summed E-state index contributed by atoms with van der Waals surface area (Å²) < 4.78 is 28.1. The highest BCUT2D eigenvalue weighted by Crippen LogP contribution is 2.18. The number of carbonyl (C=O) groups is 1. The molecule has 0 bridgehead atoms. The number of halogens is 1. The van der Waals surface area contributed by atoms with Crippen LogP contribution in [0.3, 0.4) is 0 Å². The Morgan fingerprint density at radius 3 is 2.36 bits per heavy atom. The van der Waals surface area contributed by atoms with Crippen molar-refractivity contribution < 1.29 is 17.9 Å². The highest BCUT2D eigenvalue weighted by molar-refractivity contribution is 14.0. The third kappa shape index (κ3) is 11.4. The van der Waals surface area contributed by atoms with E-state index in [1.54, 1.807) is 0 Å². The number of alkyl carbamates (subject to hydrolysis) is 1. The van der Waals surface area contributed by atoms with E-state index in [4.69, 9.17) is 4.74 Å². The zero-order valence-corrected chi connectivity index (χ0v) is 18.6. The molecule has 8 nitrogen and oxygen atoms in total. The Morgan fingerprint density at radius 1 is 1.20 bits per heavy atom. The molecule has 0 saturated carbocycles. The Hall–Kier alpha value is -0.780. The monoisotopic (exact) mass is 490 g/mol. The molecule has 0 aromatic carbocycles. The summed E-state index contributed by atoms with van der Waals surface area (Å²) in [6.45, 7) is 9.46. The van der Waals surface area contributed by atoms with E-state index in [0.29, 0.717) is 38.6 Å². The largest absolute Gasteiger partial charge is 0.444 e. The minimum atomic E-state index is -2.87. The fourth-order valence-corrected chi connectivity index (χ4v) is 4.09. The van der Waals surface area contributed by atoms with Gasteiger partial charge in [-0.05, 0) is 40.0 Å². The predicted molar refractivity (Wildman–Crippen MR) is 110 cm³/mol. The highest BCUT2D eigenvalue weighted by Gasteiger charge is 2.27. The number of rotatable bonds is 6. The summed E-state index contributed by atoms with van der Waals surface area (Å²) in [6.07, 6.45) is 0.216. The SMILES string of the molecule is CCNC(=NCC1CCS(=O)(=O)C1)NCCNC(=O)OC(C)(C)C.I. The van der Waals surface area contributed by atoms with Gasteiger partial charge in [-0.15, -0.1) is 24.0 Å². The normalized spacial score (nSPS) is 19.7. The van der Waals surface area contributed by atoms with Crippen LogP contribution in [0.4, 0.5) is 4.79 Å². The van der Waals surface area contributed by atoms with Crippen LogP contribution in [0.1, 0.15) is 34.1 Å². The van der Waals surface area contributed by atoms with Crippen LogP contribution in [-0.4, -0.2) is 63.8 Å². The number of carbonyl (C=O) groups excluding carboxylic acids is 1. The van der Waals surface area contributed by atoms with Crippen molar-refractivity contribution in [3.05, 3.63) is 0 Å². The second-order valence-electron chi connectivity index (χ2n) is 6.84. The summed E-state index contributed by atoms with van der Waals surface area (Å²) >= 11 is 0. The topological polar surface area (TPSA) is 109 Å². The van der Waals surface area contributed by atoms with E-state index in [-0.39, 0.29) is 41.4 Å². The summed E-state index contributed by atoms with van der Waals surface area (Å²) in [6, 6.07) is 0. The molecule has 25 heavy (non-hydrogen) atoms. The Bertz CT molecular complexity index is 546. The van der Waals surface area contributed by atoms with Crippen LogP contribution >= 0.6 is 24.0 Å². The number of sulfone groups is 1. The zero-order chi connectivity index (χ0) is 18.2.